The Morgan fingerprint density at radius 3 is 2.29 bits per heavy atom. The molecule has 1 atom stereocenters. The second-order valence-electron chi connectivity index (χ2n) is 4.96. The van der Waals surface area contributed by atoms with E-state index >= 15 is 0 Å². The van der Waals surface area contributed by atoms with Gasteiger partial charge in [-0.2, -0.15) is 0 Å². The minimum Gasteiger partial charge on any atom is -0.385 e. The molecular weight excluding hydrogens is 174 g/mol. The molecule has 0 aliphatic heterocycles. The Morgan fingerprint density at radius 2 is 1.86 bits per heavy atom. The van der Waals surface area contributed by atoms with Gasteiger partial charge in [0, 0.05) is 19.8 Å². The first-order valence-electron chi connectivity index (χ1n) is 5.74. The van der Waals surface area contributed by atoms with Crippen LogP contribution in [0.15, 0.2) is 0 Å². The molecule has 0 aromatic heterocycles. The minimum atomic E-state index is 0.364. The summed E-state index contributed by atoms with van der Waals surface area (Å²) >= 11 is 0. The van der Waals surface area contributed by atoms with Crippen LogP contribution in [0.5, 0.6) is 0 Å². The Morgan fingerprint density at radius 1 is 1.21 bits per heavy atom. The average Bonchev–Trinajstić information content (AvgIpc) is 2.08. The lowest BCUT2D eigenvalue weighted by atomic mass is 9.84. The molecule has 0 aliphatic rings. The van der Waals surface area contributed by atoms with E-state index in [-0.39, 0.29) is 0 Å². The zero-order valence-corrected chi connectivity index (χ0v) is 10.5. The topological polar surface area (TPSA) is 21.3 Å². The van der Waals surface area contributed by atoms with Crippen LogP contribution in [-0.4, -0.2) is 26.3 Å². The SMILES string of the molecule is CCNC(CCCCOC)C(C)(C)C. The number of nitrogens with one attached hydrogen (secondary N) is 1. The summed E-state index contributed by atoms with van der Waals surface area (Å²) in [7, 11) is 1.77. The van der Waals surface area contributed by atoms with Crippen LogP contribution >= 0.6 is 0 Å². The normalized spacial score (nSPS) is 14.4. The molecule has 1 unspecified atom stereocenters. The van der Waals surface area contributed by atoms with Crippen molar-refractivity contribution in [2.75, 3.05) is 20.3 Å². The van der Waals surface area contributed by atoms with Gasteiger partial charge in [0.15, 0.2) is 0 Å². The van der Waals surface area contributed by atoms with Crippen molar-refractivity contribution in [3.63, 3.8) is 0 Å². The molecule has 0 fully saturated rings. The molecule has 0 saturated carbocycles. The number of hydrogen-bond donors (Lipinski definition) is 1. The van der Waals surface area contributed by atoms with Crippen molar-refractivity contribution in [2.45, 2.75) is 53.0 Å². The standard InChI is InChI=1S/C12H27NO/c1-6-13-11(12(2,3)4)9-7-8-10-14-5/h11,13H,6-10H2,1-5H3. The van der Waals surface area contributed by atoms with Crippen molar-refractivity contribution >= 4 is 0 Å². The summed E-state index contributed by atoms with van der Waals surface area (Å²) in [4.78, 5) is 0. The van der Waals surface area contributed by atoms with E-state index in [0.717, 1.165) is 13.2 Å². The first-order valence-corrected chi connectivity index (χ1v) is 5.74. The van der Waals surface area contributed by atoms with E-state index in [4.69, 9.17) is 4.74 Å². The van der Waals surface area contributed by atoms with Crippen molar-refractivity contribution in [2.24, 2.45) is 5.41 Å². The van der Waals surface area contributed by atoms with E-state index in [1.54, 1.807) is 7.11 Å². The van der Waals surface area contributed by atoms with Crippen molar-refractivity contribution in [1.82, 2.24) is 5.32 Å². The summed E-state index contributed by atoms with van der Waals surface area (Å²) in [6.45, 7) is 11.0. The first kappa shape index (κ1) is 13.9. The fourth-order valence-electron chi connectivity index (χ4n) is 1.68. The fourth-order valence-corrected chi connectivity index (χ4v) is 1.68. The summed E-state index contributed by atoms with van der Waals surface area (Å²) in [5, 5.41) is 3.56. The third-order valence-corrected chi connectivity index (χ3v) is 2.59. The lowest BCUT2D eigenvalue weighted by Gasteiger charge is -2.31. The molecule has 0 aromatic carbocycles. The predicted molar refractivity (Wildman–Crippen MR) is 62.6 cm³/mol. The van der Waals surface area contributed by atoms with Crippen molar-refractivity contribution in [3.05, 3.63) is 0 Å². The van der Waals surface area contributed by atoms with Gasteiger partial charge in [0.1, 0.15) is 0 Å². The molecule has 0 rings (SSSR count). The maximum Gasteiger partial charge on any atom is 0.0462 e. The molecule has 2 heteroatoms. The van der Waals surface area contributed by atoms with Crippen LogP contribution in [-0.2, 0) is 4.74 Å². The smallest absolute Gasteiger partial charge is 0.0462 e. The van der Waals surface area contributed by atoms with Crippen LogP contribution in [0.4, 0.5) is 0 Å². The van der Waals surface area contributed by atoms with Crippen LogP contribution in [0.2, 0.25) is 0 Å². The highest BCUT2D eigenvalue weighted by Crippen LogP contribution is 2.23. The first-order chi connectivity index (χ1) is 6.52. The van der Waals surface area contributed by atoms with Gasteiger partial charge >= 0.3 is 0 Å². The molecule has 0 aromatic rings. The quantitative estimate of drug-likeness (QED) is 0.640. The van der Waals surface area contributed by atoms with E-state index in [1.807, 2.05) is 0 Å². The van der Waals surface area contributed by atoms with Gasteiger partial charge in [0.2, 0.25) is 0 Å². The molecule has 14 heavy (non-hydrogen) atoms. The van der Waals surface area contributed by atoms with E-state index in [1.165, 1.54) is 19.3 Å². The molecule has 0 amide bonds. The van der Waals surface area contributed by atoms with Crippen LogP contribution in [0.1, 0.15) is 47.0 Å². The van der Waals surface area contributed by atoms with Gasteiger partial charge in [0.05, 0.1) is 0 Å². The van der Waals surface area contributed by atoms with Crippen molar-refractivity contribution in [1.29, 1.82) is 0 Å². The van der Waals surface area contributed by atoms with Crippen LogP contribution < -0.4 is 5.32 Å². The van der Waals surface area contributed by atoms with Crippen molar-refractivity contribution in [3.8, 4) is 0 Å². The van der Waals surface area contributed by atoms with Gasteiger partial charge in [-0.1, -0.05) is 27.7 Å². The molecule has 0 heterocycles. The highest BCUT2D eigenvalue weighted by molar-refractivity contribution is 4.79. The molecule has 0 radical (unpaired) electrons. The number of unbranched alkanes of at least 4 members (excludes halogenated alkanes) is 1. The Balaban J connectivity index is 3.74. The van der Waals surface area contributed by atoms with E-state index < -0.39 is 0 Å². The van der Waals surface area contributed by atoms with Gasteiger partial charge in [0.25, 0.3) is 0 Å². The largest absolute Gasteiger partial charge is 0.385 e. The number of ether oxygens (including phenoxy) is 1. The van der Waals surface area contributed by atoms with Gasteiger partial charge < -0.3 is 10.1 Å². The molecule has 1 N–H and O–H groups in total. The van der Waals surface area contributed by atoms with Crippen LogP contribution in [0.25, 0.3) is 0 Å². The third kappa shape index (κ3) is 6.39. The maximum atomic E-state index is 5.05. The van der Waals surface area contributed by atoms with Crippen LogP contribution in [0.3, 0.4) is 0 Å². The van der Waals surface area contributed by atoms with E-state index in [2.05, 4.69) is 33.0 Å². The van der Waals surface area contributed by atoms with Gasteiger partial charge in [-0.15, -0.1) is 0 Å². The zero-order valence-electron chi connectivity index (χ0n) is 10.5. The van der Waals surface area contributed by atoms with E-state index in [0.29, 0.717) is 11.5 Å². The van der Waals surface area contributed by atoms with Gasteiger partial charge in [-0.3, -0.25) is 0 Å². The number of hydrogen-bond acceptors (Lipinski definition) is 2. The second kappa shape index (κ2) is 7.24. The Hall–Kier alpha value is -0.0800. The van der Waals surface area contributed by atoms with Crippen LogP contribution in [0, 0.1) is 5.41 Å². The molecular formula is C12H27NO. The van der Waals surface area contributed by atoms with Gasteiger partial charge in [-0.05, 0) is 31.2 Å². The highest BCUT2D eigenvalue weighted by atomic mass is 16.5. The van der Waals surface area contributed by atoms with Gasteiger partial charge in [-0.25, -0.2) is 0 Å². The molecule has 0 aliphatic carbocycles. The average molecular weight is 201 g/mol. The predicted octanol–water partition coefficient (Wildman–Crippen LogP) is 2.83. The highest BCUT2D eigenvalue weighted by Gasteiger charge is 2.22. The van der Waals surface area contributed by atoms with Crippen molar-refractivity contribution < 1.29 is 4.74 Å². The third-order valence-electron chi connectivity index (χ3n) is 2.59. The molecule has 86 valence electrons. The number of methoxy groups -OCH3 is 1. The lowest BCUT2D eigenvalue weighted by Crippen LogP contribution is -2.40. The zero-order chi connectivity index (χ0) is 11.0. The molecule has 0 bridgehead atoms. The summed E-state index contributed by atoms with van der Waals surface area (Å²) in [6, 6.07) is 0.629. The summed E-state index contributed by atoms with van der Waals surface area (Å²) in [6.07, 6.45) is 3.68. The summed E-state index contributed by atoms with van der Waals surface area (Å²) in [5.74, 6) is 0. The minimum absolute atomic E-state index is 0.364. The Kier molecular flexibility index (Phi) is 7.20. The fraction of sp³-hybridized carbons (Fsp3) is 1.00. The second-order valence-corrected chi connectivity index (χ2v) is 4.96. The Bertz CT molecular complexity index is 129. The summed E-state index contributed by atoms with van der Waals surface area (Å²) < 4.78 is 5.05. The lowest BCUT2D eigenvalue weighted by molar-refractivity contribution is 0.184. The molecule has 0 saturated heterocycles. The monoisotopic (exact) mass is 201 g/mol. The summed E-state index contributed by atoms with van der Waals surface area (Å²) in [5.41, 5.74) is 0.364. The number of rotatable bonds is 7. The maximum absolute atomic E-state index is 5.05. The molecule has 2 nitrogen and oxygen atoms in total. The van der Waals surface area contributed by atoms with E-state index in [9.17, 15) is 0 Å². The Labute approximate surface area is 89.4 Å². The molecule has 0 spiro atoms.